The van der Waals surface area contributed by atoms with E-state index in [9.17, 15) is 13.2 Å². The lowest BCUT2D eigenvalue weighted by Crippen LogP contribution is -2.35. The van der Waals surface area contributed by atoms with Crippen LogP contribution in [0.4, 0.5) is 5.69 Å². The topological polar surface area (TPSA) is 70.0 Å². The summed E-state index contributed by atoms with van der Waals surface area (Å²) >= 11 is 1.67. The van der Waals surface area contributed by atoms with Crippen molar-refractivity contribution >= 4 is 39.2 Å². The summed E-state index contributed by atoms with van der Waals surface area (Å²) in [6.45, 7) is 1.20. The molecule has 4 rings (SSSR count). The summed E-state index contributed by atoms with van der Waals surface area (Å²) in [6.07, 6.45) is 5.69. The van der Waals surface area contributed by atoms with E-state index in [1.165, 1.54) is 11.0 Å². The van der Waals surface area contributed by atoms with Crippen LogP contribution in [0.3, 0.4) is 0 Å². The highest BCUT2D eigenvalue weighted by atomic mass is 32.2. The van der Waals surface area contributed by atoms with Gasteiger partial charge < -0.3 is 9.80 Å². The summed E-state index contributed by atoms with van der Waals surface area (Å²) in [5, 5.41) is 0. The van der Waals surface area contributed by atoms with E-state index in [-0.39, 0.29) is 10.8 Å². The maximum atomic E-state index is 13.0. The summed E-state index contributed by atoms with van der Waals surface area (Å²) in [4.78, 5) is 17.9. The van der Waals surface area contributed by atoms with Gasteiger partial charge >= 0.3 is 0 Å². The van der Waals surface area contributed by atoms with Gasteiger partial charge in [0.2, 0.25) is 0 Å². The molecule has 158 valence electrons. The van der Waals surface area contributed by atoms with E-state index in [0.29, 0.717) is 30.1 Å². The molecular weight excluding hydrogens is 418 g/mol. The SMILES string of the molecule is CSc1ccc(CN(C)C(=O)c2ccc3c(c2)S(=O)(=O)N=C2CCCCCN23)cc1. The van der Waals surface area contributed by atoms with Crippen molar-refractivity contribution < 1.29 is 13.2 Å². The average Bonchev–Trinajstić information content (AvgIpc) is 2.98. The van der Waals surface area contributed by atoms with Crippen molar-refractivity contribution in [3.63, 3.8) is 0 Å². The normalized spacial score (nSPS) is 17.4. The van der Waals surface area contributed by atoms with Crippen LogP contribution in [0.2, 0.25) is 0 Å². The average molecular weight is 444 g/mol. The van der Waals surface area contributed by atoms with Crippen LogP contribution in [0.1, 0.15) is 41.6 Å². The number of sulfonamides is 1. The van der Waals surface area contributed by atoms with Gasteiger partial charge in [0.15, 0.2) is 0 Å². The number of rotatable bonds is 4. The van der Waals surface area contributed by atoms with Crippen LogP contribution >= 0.6 is 11.8 Å². The molecule has 2 aliphatic heterocycles. The molecule has 8 heteroatoms. The van der Waals surface area contributed by atoms with Gasteiger partial charge in [-0.05, 0) is 55.0 Å². The Labute approximate surface area is 182 Å². The largest absolute Gasteiger partial charge is 0.337 e. The maximum absolute atomic E-state index is 13.0. The van der Waals surface area contributed by atoms with Crippen molar-refractivity contribution in [2.45, 2.75) is 42.0 Å². The highest BCUT2D eigenvalue weighted by molar-refractivity contribution is 7.98. The lowest BCUT2D eigenvalue weighted by Gasteiger charge is -2.30. The molecule has 2 aromatic carbocycles. The van der Waals surface area contributed by atoms with E-state index in [4.69, 9.17) is 0 Å². The molecule has 1 saturated heterocycles. The number of anilines is 1. The van der Waals surface area contributed by atoms with E-state index < -0.39 is 10.0 Å². The number of benzene rings is 2. The monoisotopic (exact) mass is 443 g/mol. The molecule has 0 spiro atoms. The molecule has 0 radical (unpaired) electrons. The number of carbonyl (C=O) groups is 1. The van der Waals surface area contributed by atoms with Gasteiger partial charge in [-0.2, -0.15) is 8.42 Å². The van der Waals surface area contributed by atoms with E-state index >= 15 is 0 Å². The van der Waals surface area contributed by atoms with Gasteiger partial charge in [-0.3, -0.25) is 4.79 Å². The number of thioether (sulfide) groups is 1. The summed E-state index contributed by atoms with van der Waals surface area (Å²) in [5.74, 6) is 0.400. The number of hydrogen-bond acceptors (Lipinski definition) is 5. The number of nitrogens with zero attached hydrogens (tertiary/aromatic N) is 3. The summed E-state index contributed by atoms with van der Waals surface area (Å²) < 4.78 is 29.6. The fraction of sp³-hybridized carbons (Fsp3) is 0.364. The van der Waals surface area contributed by atoms with Crippen molar-refractivity contribution in [2.24, 2.45) is 4.40 Å². The van der Waals surface area contributed by atoms with Crippen LogP contribution < -0.4 is 4.90 Å². The number of hydrogen-bond donors (Lipinski definition) is 0. The quantitative estimate of drug-likeness (QED) is 0.664. The van der Waals surface area contributed by atoms with E-state index in [1.54, 1.807) is 35.8 Å². The van der Waals surface area contributed by atoms with Crippen molar-refractivity contribution in [3.05, 3.63) is 53.6 Å². The first-order chi connectivity index (χ1) is 14.4. The third-order valence-corrected chi connectivity index (χ3v) is 7.60. The van der Waals surface area contributed by atoms with Crippen LogP contribution in [-0.4, -0.2) is 44.9 Å². The van der Waals surface area contributed by atoms with Gasteiger partial charge in [0.25, 0.3) is 15.9 Å². The molecule has 1 fully saturated rings. The molecular formula is C22H25N3O3S2. The molecule has 1 amide bonds. The smallest absolute Gasteiger partial charge is 0.286 e. The lowest BCUT2D eigenvalue weighted by molar-refractivity contribution is 0.0785. The maximum Gasteiger partial charge on any atom is 0.286 e. The molecule has 0 aliphatic carbocycles. The van der Waals surface area contributed by atoms with E-state index in [1.807, 2.05) is 35.4 Å². The number of carbonyl (C=O) groups excluding carboxylic acids is 1. The van der Waals surface area contributed by atoms with Crippen LogP contribution in [0.25, 0.3) is 0 Å². The Kier molecular flexibility index (Phi) is 5.88. The third-order valence-electron chi connectivity index (χ3n) is 5.52. The predicted molar refractivity (Wildman–Crippen MR) is 121 cm³/mol. The molecule has 2 aliphatic rings. The Morgan fingerprint density at radius 1 is 1.13 bits per heavy atom. The zero-order chi connectivity index (χ0) is 21.3. The minimum atomic E-state index is -3.80. The van der Waals surface area contributed by atoms with Crippen LogP contribution in [0.15, 0.2) is 56.7 Å². The zero-order valence-electron chi connectivity index (χ0n) is 17.2. The number of amidine groups is 1. The molecule has 0 N–H and O–H groups in total. The van der Waals surface area contributed by atoms with Crippen molar-refractivity contribution in [1.29, 1.82) is 0 Å². The predicted octanol–water partition coefficient (Wildman–Crippen LogP) is 4.16. The highest BCUT2D eigenvalue weighted by Crippen LogP contribution is 2.35. The van der Waals surface area contributed by atoms with Crippen LogP contribution in [0, 0.1) is 0 Å². The second-order valence-corrected chi connectivity index (χ2v) is 10.1. The van der Waals surface area contributed by atoms with E-state index in [2.05, 4.69) is 4.40 Å². The van der Waals surface area contributed by atoms with E-state index in [0.717, 1.165) is 31.4 Å². The fourth-order valence-electron chi connectivity index (χ4n) is 3.91. The van der Waals surface area contributed by atoms with Gasteiger partial charge in [0, 0.05) is 37.0 Å². The molecule has 30 heavy (non-hydrogen) atoms. The molecule has 2 aromatic rings. The first kappa shape index (κ1) is 20.9. The van der Waals surface area contributed by atoms with Crippen molar-refractivity contribution in [2.75, 3.05) is 24.7 Å². The van der Waals surface area contributed by atoms with Crippen molar-refractivity contribution in [1.82, 2.24) is 4.90 Å². The summed E-state index contributed by atoms with van der Waals surface area (Å²) in [5.41, 5.74) is 2.01. The fourth-order valence-corrected chi connectivity index (χ4v) is 5.60. The molecule has 2 heterocycles. The van der Waals surface area contributed by atoms with Crippen molar-refractivity contribution in [3.8, 4) is 0 Å². The lowest BCUT2D eigenvalue weighted by atomic mass is 10.1. The van der Waals surface area contributed by atoms with Crippen LogP contribution in [0.5, 0.6) is 0 Å². The second kappa shape index (κ2) is 8.43. The minimum Gasteiger partial charge on any atom is -0.337 e. The number of fused-ring (bicyclic) bond motifs is 3. The summed E-state index contributed by atoms with van der Waals surface area (Å²) in [7, 11) is -2.08. The molecule has 0 bridgehead atoms. The van der Waals surface area contributed by atoms with Gasteiger partial charge in [-0.15, -0.1) is 16.2 Å². The Balaban J connectivity index is 1.60. The molecule has 6 nitrogen and oxygen atoms in total. The first-order valence-electron chi connectivity index (χ1n) is 10.0. The van der Waals surface area contributed by atoms with Gasteiger partial charge in [-0.1, -0.05) is 18.6 Å². The Bertz CT molecular complexity index is 1100. The summed E-state index contributed by atoms with van der Waals surface area (Å²) in [6, 6.07) is 13.0. The van der Waals surface area contributed by atoms with Gasteiger partial charge in [0.1, 0.15) is 10.7 Å². The van der Waals surface area contributed by atoms with Gasteiger partial charge in [-0.25, -0.2) is 0 Å². The first-order valence-corrected chi connectivity index (χ1v) is 12.7. The molecule has 0 aromatic heterocycles. The number of amides is 1. The molecule has 0 unspecified atom stereocenters. The zero-order valence-corrected chi connectivity index (χ0v) is 18.8. The van der Waals surface area contributed by atoms with Crippen LogP contribution in [-0.2, 0) is 16.6 Å². The minimum absolute atomic E-state index is 0.122. The second-order valence-electron chi connectivity index (χ2n) is 7.64. The third kappa shape index (κ3) is 4.11. The highest BCUT2D eigenvalue weighted by Gasteiger charge is 2.32. The molecule has 0 atom stereocenters. The Morgan fingerprint density at radius 2 is 1.90 bits per heavy atom. The Hall–Kier alpha value is -2.32. The molecule has 0 saturated carbocycles. The standard InChI is InChI=1S/C22H25N3O3S2/c1-24(15-16-7-10-18(29-2)11-8-16)22(26)17-9-12-19-20(14-17)30(27,28)23-21-6-4-3-5-13-25(19)21/h7-12,14H,3-6,13,15H2,1-2H3. The Morgan fingerprint density at radius 3 is 2.63 bits per heavy atom. The van der Waals surface area contributed by atoms with Gasteiger partial charge in [0.05, 0.1) is 5.69 Å².